The van der Waals surface area contributed by atoms with Crippen molar-refractivity contribution < 1.29 is 4.74 Å². The SMILES string of the molecule is CCCN(CC1CC1)c1c(SC)nn2c(-c3c(C)cc(OC)cc3C)cccc12. The van der Waals surface area contributed by atoms with Gasteiger partial charge in [0, 0.05) is 18.7 Å². The number of ether oxygens (including phenoxy) is 1. The van der Waals surface area contributed by atoms with E-state index in [0.29, 0.717) is 0 Å². The van der Waals surface area contributed by atoms with Gasteiger partial charge in [-0.3, -0.25) is 0 Å². The molecule has 0 unspecified atom stereocenters. The Morgan fingerprint density at radius 3 is 2.52 bits per heavy atom. The van der Waals surface area contributed by atoms with Crippen molar-refractivity contribution in [2.45, 2.75) is 45.1 Å². The van der Waals surface area contributed by atoms with E-state index in [9.17, 15) is 0 Å². The van der Waals surface area contributed by atoms with Crippen LogP contribution in [0, 0.1) is 19.8 Å². The molecule has 0 radical (unpaired) electrons. The van der Waals surface area contributed by atoms with Crippen LogP contribution in [0.25, 0.3) is 16.8 Å². The molecule has 0 bridgehead atoms. The maximum Gasteiger partial charge on any atom is 0.142 e. The van der Waals surface area contributed by atoms with Crippen LogP contribution in [0.2, 0.25) is 0 Å². The molecule has 1 aliphatic carbocycles. The maximum absolute atomic E-state index is 5.46. The number of rotatable bonds is 8. The van der Waals surface area contributed by atoms with E-state index in [2.05, 4.69) is 66.8 Å². The lowest BCUT2D eigenvalue weighted by Crippen LogP contribution is -2.26. The molecular formula is C24H31N3OS. The molecular weight excluding hydrogens is 378 g/mol. The summed E-state index contributed by atoms with van der Waals surface area (Å²) in [5.41, 5.74) is 7.31. The van der Waals surface area contributed by atoms with Crippen LogP contribution in [0.5, 0.6) is 5.75 Å². The summed E-state index contributed by atoms with van der Waals surface area (Å²) in [7, 11) is 1.72. The van der Waals surface area contributed by atoms with Crippen molar-refractivity contribution in [1.82, 2.24) is 9.61 Å². The smallest absolute Gasteiger partial charge is 0.142 e. The minimum absolute atomic E-state index is 0.848. The van der Waals surface area contributed by atoms with E-state index in [1.807, 2.05) is 0 Å². The Labute approximate surface area is 178 Å². The minimum atomic E-state index is 0.848. The molecule has 0 spiro atoms. The van der Waals surface area contributed by atoms with Crippen LogP contribution in [0.4, 0.5) is 5.69 Å². The first-order valence-electron chi connectivity index (χ1n) is 10.5. The number of pyridine rings is 1. The highest BCUT2D eigenvalue weighted by Crippen LogP contribution is 2.39. The van der Waals surface area contributed by atoms with Crippen molar-refractivity contribution in [1.29, 1.82) is 0 Å². The van der Waals surface area contributed by atoms with Crippen molar-refractivity contribution in [3.8, 4) is 17.0 Å². The number of aryl methyl sites for hydroxylation is 2. The second-order valence-electron chi connectivity index (χ2n) is 8.09. The predicted octanol–water partition coefficient (Wildman–Crippen LogP) is 5.98. The molecule has 2 aromatic heterocycles. The summed E-state index contributed by atoms with van der Waals surface area (Å²) in [6.45, 7) is 8.80. The van der Waals surface area contributed by atoms with Gasteiger partial charge in [-0.25, -0.2) is 4.52 Å². The fraction of sp³-hybridized carbons (Fsp3) is 0.458. The van der Waals surface area contributed by atoms with Crippen molar-refractivity contribution in [3.63, 3.8) is 0 Å². The molecule has 4 rings (SSSR count). The van der Waals surface area contributed by atoms with Crippen LogP contribution in [-0.2, 0) is 0 Å². The highest BCUT2D eigenvalue weighted by molar-refractivity contribution is 7.98. The van der Waals surface area contributed by atoms with Crippen molar-refractivity contribution in [2.75, 3.05) is 31.4 Å². The van der Waals surface area contributed by atoms with Gasteiger partial charge >= 0.3 is 0 Å². The van der Waals surface area contributed by atoms with Gasteiger partial charge < -0.3 is 9.64 Å². The van der Waals surface area contributed by atoms with E-state index in [1.54, 1.807) is 18.9 Å². The van der Waals surface area contributed by atoms with E-state index < -0.39 is 0 Å². The van der Waals surface area contributed by atoms with Crippen LogP contribution in [0.3, 0.4) is 0 Å². The third-order valence-corrected chi connectivity index (χ3v) is 6.44. The lowest BCUT2D eigenvalue weighted by Gasteiger charge is -2.24. The summed E-state index contributed by atoms with van der Waals surface area (Å²) in [4.78, 5) is 2.57. The molecule has 0 atom stereocenters. The fourth-order valence-corrected chi connectivity index (χ4v) is 4.87. The van der Waals surface area contributed by atoms with Gasteiger partial charge in [0.1, 0.15) is 10.8 Å². The molecule has 0 N–H and O–H groups in total. The quantitative estimate of drug-likeness (QED) is 0.428. The van der Waals surface area contributed by atoms with Crippen LogP contribution in [-0.4, -0.2) is 36.1 Å². The summed E-state index contributed by atoms with van der Waals surface area (Å²) < 4.78 is 7.61. The maximum atomic E-state index is 5.46. The molecule has 2 heterocycles. The number of hydrogen-bond donors (Lipinski definition) is 0. The first-order valence-corrected chi connectivity index (χ1v) is 11.8. The van der Waals surface area contributed by atoms with Crippen molar-refractivity contribution in [2.24, 2.45) is 5.92 Å². The standard InChI is InChI=1S/C24H31N3OS/c1-6-12-26(15-18-10-11-18)23-21-9-7-8-20(27(21)25-24(23)29-5)22-16(2)13-19(28-4)14-17(22)3/h7-9,13-14,18H,6,10-12,15H2,1-5H3. The number of methoxy groups -OCH3 is 1. The van der Waals surface area contributed by atoms with E-state index in [4.69, 9.17) is 9.84 Å². The second kappa shape index (κ2) is 8.31. The van der Waals surface area contributed by atoms with Gasteiger partial charge in [0.2, 0.25) is 0 Å². The molecule has 1 aliphatic rings. The molecule has 5 heteroatoms. The Morgan fingerprint density at radius 2 is 1.93 bits per heavy atom. The third kappa shape index (κ3) is 3.85. The number of aromatic nitrogens is 2. The molecule has 29 heavy (non-hydrogen) atoms. The zero-order valence-corrected chi connectivity index (χ0v) is 19.0. The molecule has 1 fully saturated rings. The normalized spacial score (nSPS) is 13.8. The first-order chi connectivity index (χ1) is 14.1. The summed E-state index contributed by atoms with van der Waals surface area (Å²) in [5.74, 6) is 1.75. The minimum Gasteiger partial charge on any atom is -0.497 e. The predicted molar refractivity (Wildman–Crippen MR) is 124 cm³/mol. The van der Waals surface area contributed by atoms with Crippen LogP contribution < -0.4 is 9.64 Å². The lowest BCUT2D eigenvalue weighted by molar-refractivity contribution is 0.414. The zero-order chi connectivity index (χ0) is 20.5. The highest BCUT2D eigenvalue weighted by Gasteiger charge is 2.28. The number of anilines is 1. The Balaban J connectivity index is 1.89. The highest BCUT2D eigenvalue weighted by atomic mass is 32.2. The Bertz CT molecular complexity index is 999. The zero-order valence-electron chi connectivity index (χ0n) is 18.2. The Hall–Kier alpha value is -2.14. The van der Waals surface area contributed by atoms with E-state index in [-0.39, 0.29) is 0 Å². The first kappa shape index (κ1) is 20.1. The number of benzene rings is 1. The van der Waals surface area contributed by atoms with Crippen molar-refractivity contribution >= 4 is 23.0 Å². The van der Waals surface area contributed by atoms with Gasteiger partial charge in [0.05, 0.1) is 24.0 Å². The number of nitrogens with zero attached hydrogens (tertiary/aromatic N) is 3. The van der Waals surface area contributed by atoms with Gasteiger partial charge in [0.25, 0.3) is 0 Å². The average Bonchev–Trinajstić information content (AvgIpc) is 3.44. The average molecular weight is 410 g/mol. The molecule has 154 valence electrons. The Morgan fingerprint density at radius 1 is 1.21 bits per heavy atom. The molecule has 3 aromatic rings. The molecule has 0 aliphatic heterocycles. The van der Waals surface area contributed by atoms with E-state index in [1.165, 1.54) is 40.7 Å². The summed E-state index contributed by atoms with van der Waals surface area (Å²) in [6, 6.07) is 10.8. The number of hydrogen-bond acceptors (Lipinski definition) is 4. The topological polar surface area (TPSA) is 29.8 Å². The van der Waals surface area contributed by atoms with Crippen LogP contribution in [0.1, 0.15) is 37.3 Å². The van der Waals surface area contributed by atoms with Gasteiger partial charge in [-0.1, -0.05) is 13.0 Å². The van der Waals surface area contributed by atoms with Gasteiger partial charge in [0.15, 0.2) is 0 Å². The number of thioether (sulfide) groups is 1. The molecule has 4 nitrogen and oxygen atoms in total. The monoisotopic (exact) mass is 409 g/mol. The number of fused-ring (bicyclic) bond motifs is 1. The fourth-order valence-electron chi connectivity index (χ4n) is 4.28. The molecule has 0 amide bonds. The largest absolute Gasteiger partial charge is 0.497 e. The van der Waals surface area contributed by atoms with Gasteiger partial charge in [-0.05, 0) is 80.7 Å². The van der Waals surface area contributed by atoms with Gasteiger partial charge in [-0.2, -0.15) is 5.10 Å². The molecule has 1 saturated carbocycles. The third-order valence-electron chi connectivity index (χ3n) is 5.78. The molecule has 0 saturated heterocycles. The van der Waals surface area contributed by atoms with Gasteiger partial charge in [-0.15, -0.1) is 11.8 Å². The molecule has 1 aromatic carbocycles. The summed E-state index contributed by atoms with van der Waals surface area (Å²) in [5, 5.41) is 6.19. The van der Waals surface area contributed by atoms with Crippen LogP contribution in [0.15, 0.2) is 35.4 Å². The van der Waals surface area contributed by atoms with Crippen molar-refractivity contribution in [3.05, 3.63) is 41.5 Å². The Kier molecular flexibility index (Phi) is 5.77. The second-order valence-corrected chi connectivity index (χ2v) is 8.89. The van der Waals surface area contributed by atoms with E-state index >= 15 is 0 Å². The van der Waals surface area contributed by atoms with E-state index in [0.717, 1.165) is 41.9 Å². The van der Waals surface area contributed by atoms with Crippen LogP contribution >= 0.6 is 11.8 Å². The lowest BCUT2D eigenvalue weighted by atomic mass is 9.99. The summed E-state index contributed by atoms with van der Waals surface area (Å²) >= 11 is 1.75. The summed E-state index contributed by atoms with van der Waals surface area (Å²) in [6.07, 6.45) is 6.01.